The lowest BCUT2D eigenvalue weighted by Gasteiger charge is -2.35. The first-order valence-electron chi connectivity index (χ1n) is 25.3. The summed E-state index contributed by atoms with van der Waals surface area (Å²) in [5.41, 5.74) is 8.62. The second kappa shape index (κ2) is 24.7. The molecule has 3 N–H and O–H groups in total. The zero-order valence-corrected chi connectivity index (χ0v) is 45.9. The molecule has 16 nitrogen and oxygen atoms in total. The molecule has 0 bridgehead atoms. The number of ketones is 1. The topological polar surface area (TPSA) is 199 Å². The zero-order chi connectivity index (χ0) is 53.4. The Morgan fingerprint density at radius 1 is 0.867 bits per heavy atom. The number of benzene rings is 3. The fourth-order valence-electron chi connectivity index (χ4n) is 9.25. The van der Waals surface area contributed by atoms with Gasteiger partial charge in [0.25, 0.3) is 0 Å². The van der Waals surface area contributed by atoms with E-state index in [9.17, 15) is 24.3 Å². The second-order valence-electron chi connectivity index (χ2n) is 20.1. The number of thiophene rings is 1. The number of ether oxygens (including phenoxy) is 3. The van der Waals surface area contributed by atoms with Crippen molar-refractivity contribution in [2.24, 2.45) is 10.4 Å². The summed E-state index contributed by atoms with van der Waals surface area (Å²) in [6.07, 6.45) is 1.29. The van der Waals surface area contributed by atoms with Crippen molar-refractivity contribution in [3.63, 3.8) is 0 Å². The first kappa shape index (κ1) is 55.1. The van der Waals surface area contributed by atoms with Gasteiger partial charge in [-0.25, -0.2) is 4.98 Å². The number of hydrogen-bond acceptors (Lipinski definition) is 14. The number of β-amino-alcohol motifs (C(OH)–C–C–N with tert-alkyl or cyclic N) is 1. The summed E-state index contributed by atoms with van der Waals surface area (Å²) < 4.78 is 19.3. The number of anilines is 1. The van der Waals surface area contributed by atoms with Crippen LogP contribution in [0, 0.1) is 33.1 Å². The van der Waals surface area contributed by atoms with E-state index in [0.717, 1.165) is 54.9 Å². The lowest BCUT2D eigenvalue weighted by molar-refractivity contribution is -0.144. The molecular formula is C56H65ClN8O8S2. The van der Waals surface area contributed by atoms with Gasteiger partial charge in [0.1, 0.15) is 35.3 Å². The number of carbonyl (C=O) groups is 4. The number of aliphatic imine (C=N–C) groups is 1. The molecule has 8 rings (SSSR count). The van der Waals surface area contributed by atoms with E-state index in [1.54, 1.807) is 46.9 Å². The number of aliphatic hydroxyl groups is 1. The summed E-state index contributed by atoms with van der Waals surface area (Å²) in [5.74, 6) is 0.786. The van der Waals surface area contributed by atoms with Crippen molar-refractivity contribution in [1.82, 2.24) is 30.0 Å². The Morgan fingerprint density at radius 3 is 2.25 bits per heavy atom. The number of halogens is 1. The van der Waals surface area contributed by atoms with E-state index >= 15 is 0 Å². The number of hydrogen-bond donors (Lipinski definition) is 3. The molecule has 0 aliphatic carbocycles. The molecule has 3 aromatic carbocycles. The average molecular weight is 1080 g/mol. The minimum atomic E-state index is -0.936. The molecule has 1 saturated heterocycles. The van der Waals surface area contributed by atoms with Gasteiger partial charge < -0.3 is 34.9 Å². The molecule has 2 aliphatic heterocycles. The Hall–Kier alpha value is -6.15. The zero-order valence-electron chi connectivity index (χ0n) is 43.5. The van der Waals surface area contributed by atoms with Crippen LogP contribution in [-0.2, 0) is 35.1 Å². The van der Waals surface area contributed by atoms with E-state index in [1.165, 1.54) is 9.78 Å². The smallest absolute Gasteiger partial charge is 0.246 e. The minimum absolute atomic E-state index is 0.0223. The van der Waals surface area contributed by atoms with E-state index in [4.69, 9.17) is 30.8 Å². The number of nitrogens with one attached hydrogen (secondary N) is 2. The molecule has 5 heterocycles. The number of carbonyl (C=O) groups excluding carboxylic acids is 4. The molecule has 4 atom stereocenters. The van der Waals surface area contributed by atoms with Gasteiger partial charge in [-0.1, -0.05) is 68.8 Å². The molecule has 0 radical (unpaired) electrons. The van der Waals surface area contributed by atoms with E-state index in [0.29, 0.717) is 61.4 Å². The third-order valence-corrected chi connectivity index (χ3v) is 15.8. The third kappa shape index (κ3) is 13.6. The van der Waals surface area contributed by atoms with Crippen molar-refractivity contribution >= 4 is 69.2 Å². The summed E-state index contributed by atoms with van der Waals surface area (Å²) in [4.78, 5) is 67.5. The van der Waals surface area contributed by atoms with E-state index in [1.807, 2.05) is 93.2 Å². The van der Waals surface area contributed by atoms with Crippen molar-refractivity contribution < 1.29 is 38.5 Å². The van der Waals surface area contributed by atoms with Gasteiger partial charge in [-0.3, -0.25) is 28.7 Å². The maximum Gasteiger partial charge on any atom is 0.246 e. The predicted octanol–water partition coefficient (Wildman–Crippen LogP) is 9.15. The highest BCUT2D eigenvalue weighted by Gasteiger charge is 2.44. The number of aromatic nitrogens is 4. The largest absolute Gasteiger partial charge is 0.494 e. The number of fused-ring (bicyclic) bond motifs is 3. The third-order valence-electron chi connectivity index (χ3n) is 13.4. The van der Waals surface area contributed by atoms with Gasteiger partial charge in [-0.05, 0) is 99.0 Å². The van der Waals surface area contributed by atoms with Crippen LogP contribution in [0.3, 0.4) is 0 Å². The van der Waals surface area contributed by atoms with Crippen molar-refractivity contribution in [3.8, 4) is 21.2 Å². The molecule has 19 heteroatoms. The maximum atomic E-state index is 14.0. The minimum Gasteiger partial charge on any atom is -0.494 e. The highest BCUT2D eigenvalue weighted by molar-refractivity contribution is 7.15. The van der Waals surface area contributed by atoms with Gasteiger partial charge in [0, 0.05) is 72.3 Å². The quantitative estimate of drug-likeness (QED) is 0.0548. The summed E-state index contributed by atoms with van der Waals surface area (Å²) in [6, 6.07) is 20.5. The van der Waals surface area contributed by atoms with Crippen LogP contribution in [0.5, 0.6) is 5.75 Å². The molecule has 75 heavy (non-hydrogen) atoms. The number of nitrogens with zero attached hydrogens (tertiary/aromatic N) is 6. The van der Waals surface area contributed by atoms with E-state index in [2.05, 4.69) is 39.7 Å². The van der Waals surface area contributed by atoms with Gasteiger partial charge in [-0.2, -0.15) is 0 Å². The van der Waals surface area contributed by atoms with E-state index < -0.39 is 41.5 Å². The Kier molecular flexibility index (Phi) is 18.1. The van der Waals surface area contributed by atoms with Gasteiger partial charge in [0.05, 0.1) is 47.0 Å². The number of aryl methyl sites for hydroxylation is 4. The standard InChI is InChI=1S/C56H65ClN8O8S2/c1-33-35(3)75-55-49(33)50(38-15-17-40(57)18-16-38)60-44(53-63-62-36(4)65(53)55)29-47(68)59-41-19-21-43(22-20-41)73-27-9-25-71-24-8-26-72-31-48(69)61-52(56(5,6)7)54(70)64-30-42(66)28-45(64)46(67)23-12-37-10-13-39(14-11-37)51-34(2)58-32-74-51/h10-11,13-22,32,42,44-45,52,66H,8-9,12,23-31H2,1-7H3,(H,59,68)(H,61,69)/t42-,44?,45+,52-/m1/s1. The van der Waals surface area contributed by atoms with Crippen LogP contribution < -0.4 is 15.4 Å². The Labute approximate surface area is 450 Å². The highest BCUT2D eigenvalue weighted by atomic mass is 35.5. The second-order valence-corrected chi connectivity index (χ2v) is 22.6. The summed E-state index contributed by atoms with van der Waals surface area (Å²) in [7, 11) is 0. The van der Waals surface area contributed by atoms with Crippen LogP contribution in [-0.4, -0.2) is 117 Å². The van der Waals surface area contributed by atoms with Crippen LogP contribution in [0.2, 0.25) is 5.02 Å². The normalized spacial score (nSPS) is 16.7. The molecule has 1 fully saturated rings. The number of aliphatic hydroxyl groups excluding tert-OH is 1. The maximum absolute atomic E-state index is 14.0. The summed E-state index contributed by atoms with van der Waals surface area (Å²) >= 11 is 9.50. The molecule has 0 spiro atoms. The van der Waals surface area contributed by atoms with Crippen LogP contribution in [0.1, 0.15) is 103 Å². The molecule has 3 amide bonds. The molecule has 396 valence electrons. The Bertz CT molecular complexity index is 3000. The fourth-order valence-corrected chi connectivity index (χ4v) is 11.4. The summed E-state index contributed by atoms with van der Waals surface area (Å²) in [6.45, 7) is 15.0. The molecule has 6 aromatic rings. The van der Waals surface area contributed by atoms with Crippen molar-refractivity contribution in [1.29, 1.82) is 0 Å². The van der Waals surface area contributed by atoms with Crippen LogP contribution in [0.15, 0.2) is 83.3 Å². The van der Waals surface area contributed by atoms with Crippen molar-refractivity contribution in [3.05, 3.63) is 128 Å². The van der Waals surface area contributed by atoms with Crippen molar-refractivity contribution in [2.45, 2.75) is 111 Å². The average Bonchev–Trinajstić information content (AvgIpc) is 4.16. The summed E-state index contributed by atoms with van der Waals surface area (Å²) in [5, 5.41) is 27.0. The van der Waals surface area contributed by atoms with Crippen molar-refractivity contribution in [2.75, 3.05) is 44.9 Å². The monoisotopic (exact) mass is 1080 g/mol. The van der Waals surface area contributed by atoms with Crippen LogP contribution in [0.4, 0.5) is 5.69 Å². The number of Topliss-reactive ketones (excluding diaryl/α,β-unsaturated/α-hetero) is 1. The Morgan fingerprint density at radius 2 is 1.56 bits per heavy atom. The number of amides is 3. The fraction of sp³-hybridized carbons (Fsp3) is 0.429. The van der Waals surface area contributed by atoms with Gasteiger partial charge in [0.2, 0.25) is 17.7 Å². The molecule has 2 aliphatic rings. The van der Waals surface area contributed by atoms with Crippen LogP contribution >= 0.6 is 34.3 Å². The molecule has 1 unspecified atom stereocenters. The lowest BCUT2D eigenvalue weighted by atomic mass is 9.85. The van der Waals surface area contributed by atoms with E-state index in [-0.39, 0.29) is 50.7 Å². The lowest BCUT2D eigenvalue weighted by Crippen LogP contribution is -2.57. The number of thiazole rings is 1. The van der Waals surface area contributed by atoms with Gasteiger partial charge >= 0.3 is 0 Å². The number of rotatable bonds is 22. The number of likely N-dealkylation sites (tertiary alicyclic amines) is 1. The van der Waals surface area contributed by atoms with Gasteiger partial charge in [0.15, 0.2) is 11.6 Å². The first-order valence-corrected chi connectivity index (χ1v) is 27.4. The van der Waals surface area contributed by atoms with Crippen LogP contribution in [0.25, 0.3) is 15.4 Å². The SMILES string of the molecule is Cc1ncsc1-c1ccc(CCC(=O)[C@@H]2C[C@@H](O)CN2C(=O)[C@@H](NC(=O)COCCCOCCCOc2ccc(NC(=O)CC3N=C(c4ccc(Cl)cc4)c4c(sc(C)c4C)-n4c(C)nnc43)cc2)C(C)(C)C)cc1. The Balaban J connectivity index is 0.723. The molecular weight excluding hydrogens is 1010 g/mol. The highest BCUT2D eigenvalue weighted by Crippen LogP contribution is 2.40. The first-order chi connectivity index (χ1) is 35.9. The van der Waals surface area contributed by atoms with Gasteiger partial charge in [-0.15, -0.1) is 32.9 Å². The molecule has 0 saturated carbocycles. The molecule has 3 aromatic heterocycles. The predicted molar refractivity (Wildman–Crippen MR) is 292 cm³/mol.